The summed E-state index contributed by atoms with van der Waals surface area (Å²) in [4.78, 5) is 0. The van der Waals surface area contributed by atoms with E-state index in [1.165, 1.54) is 6.07 Å². The lowest BCUT2D eigenvalue weighted by molar-refractivity contribution is -0.0391. The van der Waals surface area contributed by atoms with E-state index >= 15 is 0 Å². The van der Waals surface area contributed by atoms with Gasteiger partial charge in [-0.3, -0.25) is 0 Å². The summed E-state index contributed by atoms with van der Waals surface area (Å²) >= 11 is 0. The highest BCUT2D eigenvalue weighted by molar-refractivity contribution is 6.65. The zero-order valence-corrected chi connectivity index (χ0v) is 15.2. The molecule has 1 unspecified atom stereocenters. The number of rotatable bonds is 2. The van der Waals surface area contributed by atoms with Gasteiger partial charge in [0.05, 0.1) is 11.2 Å². The number of halogens is 1. The molecule has 0 aliphatic carbocycles. The van der Waals surface area contributed by atoms with Crippen molar-refractivity contribution in [3.05, 3.63) is 24.1 Å². The van der Waals surface area contributed by atoms with Crippen LogP contribution in [-0.4, -0.2) is 34.7 Å². The summed E-state index contributed by atoms with van der Waals surface area (Å²) in [5, 5.41) is 5.16. The van der Waals surface area contributed by atoms with Crippen LogP contribution in [0.5, 0.6) is 0 Å². The van der Waals surface area contributed by atoms with E-state index < -0.39 is 18.3 Å². The maximum absolute atomic E-state index is 14.3. The third kappa shape index (κ3) is 2.78. The molecule has 134 valence electrons. The largest absolute Gasteiger partial charge is 0.495 e. The first-order valence-electron chi connectivity index (χ1n) is 8.93. The highest BCUT2D eigenvalue weighted by Gasteiger charge is 2.52. The quantitative estimate of drug-likeness (QED) is 0.784. The first kappa shape index (κ1) is 17.0. The molecule has 1 atom stereocenters. The molecule has 2 fully saturated rings. The molecule has 2 aromatic rings. The molecule has 25 heavy (non-hydrogen) atoms. The summed E-state index contributed by atoms with van der Waals surface area (Å²) in [7, 11) is -0.543. The minimum atomic E-state index is -0.543. The van der Waals surface area contributed by atoms with Gasteiger partial charge in [0.2, 0.25) is 0 Å². The van der Waals surface area contributed by atoms with E-state index in [0.717, 1.165) is 24.7 Å². The van der Waals surface area contributed by atoms with Crippen LogP contribution in [0.1, 0.15) is 53.2 Å². The first-order chi connectivity index (χ1) is 11.8. The van der Waals surface area contributed by atoms with Crippen LogP contribution in [0.25, 0.3) is 10.9 Å². The fraction of sp³-hybridized carbons (Fsp3) is 0.611. The summed E-state index contributed by atoms with van der Waals surface area (Å²) in [5.41, 5.74) is 0.250. The smallest absolute Gasteiger partial charge is 0.399 e. The standard InChI is InChI=1S/C18H24BFN2O3/c1-17(2)18(3,4)25-19(24-17)13-8-9-14(20)16-12(13)11-22(21-16)15-7-5-6-10-23-15/h8-9,11,15H,5-7,10H2,1-4H3. The van der Waals surface area contributed by atoms with Crippen molar-refractivity contribution in [1.82, 2.24) is 9.78 Å². The van der Waals surface area contributed by atoms with E-state index in [4.69, 9.17) is 14.0 Å². The number of hydrogen-bond acceptors (Lipinski definition) is 4. The Bertz CT molecular complexity index is 783. The molecule has 7 heteroatoms. The molecule has 5 nitrogen and oxygen atoms in total. The van der Waals surface area contributed by atoms with Gasteiger partial charge >= 0.3 is 7.12 Å². The normalized spacial score (nSPS) is 25.6. The van der Waals surface area contributed by atoms with Gasteiger partial charge in [0.1, 0.15) is 11.7 Å². The Morgan fingerprint density at radius 3 is 2.52 bits per heavy atom. The van der Waals surface area contributed by atoms with E-state index in [1.54, 1.807) is 10.7 Å². The fourth-order valence-corrected chi connectivity index (χ4v) is 3.37. The zero-order chi connectivity index (χ0) is 17.8. The molecule has 2 aliphatic rings. The average Bonchev–Trinajstić information content (AvgIpc) is 3.09. The molecular weight excluding hydrogens is 322 g/mol. The highest BCUT2D eigenvalue weighted by atomic mass is 19.1. The Morgan fingerprint density at radius 1 is 1.16 bits per heavy atom. The Labute approximate surface area is 147 Å². The van der Waals surface area contributed by atoms with Crippen molar-refractivity contribution >= 4 is 23.5 Å². The van der Waals surface area contributed by atoms with Crippen LogP contribution in [0.2, 0.25) is 0 Å². The van der Waals surface area contributed by atoms with Gasteiger partial charge in [0.15, 0.2) is 5.82 Å². The molecule has 1 aromatic heterocycles. The van der Waals surface area contributed by atoms with Crippen molar-refractivity contribution in [2.75, 3.05) is 6.61 Å². The Balaban J connectivity index is 1.75. The summed E-state index contributed by atoms with van der Waals surface area (Å²) in [5.74, 6) is -0.343. The SMILES string of the molecule is CC1(C)OB(c2ccc(F)c3nn(C4CCCCO4)cc23)OC1(C)C. The number of aromatic nitrogens is 2. The summed E-state index contributed by atoms with van der Waals surface area (Å²) in [6, 6.07) is 3.16. The Hall–Kier alpha value is -1.44. The molecular formula is C18H24BFN2O3. The van der Waals surface area contributed by atoms with Crippen molar-refractivity contribution in [1.29, 1.82) is 0 Å². The van der Waals surface area contributed by atoms with Gasteiger partial charge < -0.3 is 14.0 Å². The van der Waals surface area contributed by atoms with Gasteiger partial charge in [-0.15, -0.1) is 0 Å². The molecule has 0 spiro atoms. The molecule has 0 N–H and O–H groups in total. The molecule has 0 amide bonds. The number of nitrogens with zero attached hydrogens (tertiary/aromatic N) is 2. The number of benzene rings is 1. The first-order valence-corrected chi connectivity index (χ1v) is 8.93. The molecule has 0 saturated carbocycles. The second-order valence-corrected chi connectivity index (χ2v) is 7.92. The zero-order valence-electron chi connectivity index (χ0n) is 15.2. The summed E-state index contributed by atoms with van der Waals surface area (Å²) < 4.78 is 34.1. The maximum atomic E-state index is 14.3. The topological polar surface area (TPSA) is 45.5 Å². The van der Waals surface area contributed by atoms with Crippen LogP contribution in [0.4, 0.5) is 4.39 Å². The van der Waals surface area contributed by atoms with Crippen molar-refractivity contribution in [2.24, 2.45) is 0 Å². The van der Waals surface area contributed by atoms with Crippen molar-refractivity contribution in [2.45, 2.75) is 64.4 Å². The van der Waals surface area contributed by atoms with E-state index in [9.17, 15) is 4.39 Å². The molecule has 2 saturated heterocycles. The van der Waals surface area contributed by atoms with E-state index in [2.05, 4.69) is 5.10 Å². The molecule has 0 radical (unpaired) electrons. The monoisotopic (exact) mass is 346 g/mol. The molecule has 4 rings (SSSR count). The summed E-state index contributed by atoms with van der Waals surface area (Å²) in [6.07, 6.45) is 4.76. The predicted octanol–water partition coefficient (Wildman–Crippen LogP) is 3.17. The van der Waals surface area contributed by atoms with Crippen LogP contribution in [-0.2, 0) is 14.0 Å². The second-order valence-electron chi connectivity index (χ2n) is 7.92. The number of ether oxygens (including phenoxy) is 1. The van der Waals surface area contributed by atoms with E-state index in [0.29, 0.717) is 17.5 Å². The second kappa shape index (κ2) is 5.79. The minimum absolute atomic E-state index is 0.133. The average molecular weight is 346 g/mol. The van der Waals surface area contributed by atoms with Crippen LogP contribution < -0.4 is 5.46 Å². The van der Waals surface area contributed by atoms with Crippen molar-refractivity contribution < 1.29 is 18.4 Å². The molecule has 0 bridgehead atoms. The lowest BCUT2D eigenvalue weighted by Gasteiger charge is -2.32. The van der Waals surface area contributed by atoms with Gasteiger partial charge in [-0.1, -0.05) is 6.07 Å². The van der Waals surface area contributed by atoms with E-state index in [1.807, 2.05) is 33.9 Å². The van der Waals surface area contributed by atoms with Gasteiger partial charge in [0.25, 0.3) is 0 Å². The van der Waals surface area contributed by atoms with Gasteiger partial charge in [-0.25, -0.2) is 9.07 Å². The van der Waals surface area contributed by atoms with Crippen LogP contribution >= 0.6 is 0 Å². The maximum Gasteiger partial charge on any atom is 0.495 e. The lowest BCUT2D eigenvalue weighted by atomic mass is 9.77. The van der Waals surface area contributed by atoms with E-state index in [-0.39, 0.29) is 12.0 Å². The van der Waals surface area contributed by atoms with Gasteiger partial charge in [-0.2, -0.15) is 5.10 Å². The fourth-order valence-electron chi connectivity index (χ4n) is 3.37. The van der Waals surface area contributed by atoms with Crippen LogP contribution in [0, 0.1) is 5.82 Å². The predicted molar refractivity (Wildman–Crippen MR) is 94.2 cm³/mol. The van der Waals surface area contributed by atoms with Gasteiger partial charge in [-0.05, 0) is 58.5 Å². The third-order valence-corrected chi connectivity index (χ3v) is 5.64. The molecule has 2 aliphatic heterocycles. The van der Waals surface area contributed by atoms with Crippen LogP contribution in [0.15, 0.2) is 18.3 Å². The number of fused-ring (bicyclic) bond motifs is 1. The Morgan fingerprint density at radius 2 is 1.88 bits per heavy atom. The Kier molecular flexibility index (Phi) is 3.94. The minimum Gasteiger partial charge on any atom is -0.399 e. The third-order valence-electron chi connectivity index (χ3n) is 5.64. The van der Waals surface area contributed by atoms with Crippen LogP contribution in [0.3, 0.4) is 0 Å². The highest BCUT2D eigenvalue weighted by Crippen LogP contribution is 2.37. The lowest BCUT2D eigenvalue weighted by Crippen LogP contribution is -2.41. The molecule has 1 aromatic carbocycles. The van der Waals surface area contributed by atoms with Crippen molar-refractivity contribution in [3.8, 4) is 0 Å². The number of hydrogen-bond donors (Lipinski definition) is 0. The van der Waals surface area contributed by atoms with Gasteiger partial charge in [0, 0.05) is 18.2 Å². The summed E-state index contributed by atoms with van der Waals surface area (Å²) in [6.45, 7) is 8.74. The van der Waals surface area contributed by atoms with Crippen molar-refractivity contribution in [3.63, 3.8) is 0 Å². The molecule has 3 heterocycles.